The minimum absolute atomic E-state index is 0.151. The fraction of sp³-hybridized carbons (Fsp3) is 0.333. The normalized spacial score (nSPS) is 13.2. The molecule has 2 N–H and O–H groups in total. The van der Waals surface area contributed by atoms with Gasteiger partial charge >= 0.3 is 0 Å². The fourth-order valence-electron chi connectivity index (χ4n) is 3.87. The molecule has 0 bridgehead atoms. The zero-order chi connectivity index (χ0) is 21.6. The van der Waals surface area contributed by atoms with Gasteiger partial charge in [-0.2, -0.15) is 0 Å². The molecule has 2 aromatic carbocycles. The Hall–Kier alpha value is -3.48. The number of anilines is 1. The molecule has 0 spiro atoms. The summed E-state index contributed by atoms with van der Waals surface area (Å²) < 4.78 is 2.19. The molecule has 0 unspecified atom stereocenters. The van der Waals surface area contributed by atoms with Crippen molar-refractivity contribution in [2.45, 2.75) is 45.6 Å². The molecule has 31 heavy (non-hydrogen) atoms. The number of nitrogens with one attached hydrogen (secondary N) is 2. The molecule has 7 nitrogen and oxygen atoms in total. The number of fused-ring (bicyclic) bond motifs is 1. The topological polar surface area (TPSA) is 88.9 Å². The lowest BCUT2D eigenvalue weighted by Crippen LogP contribution is -2.28. The maximum absolute atomic E-state index is 12.4. The number of aryl methyl sites for hydroxylation is 2. The van der Waals surface area contributed by atoms with E-state index in [-0.39, 0.29) is 24.8 Å². The van der Waals surface area contributed by atoms with Crippen LogP contribution in [0.5, 0.6) is 0 Å². The summed E-state index contributed by atoms with van der Waals surface area (Å²) in [5.41, 5.74) is 3.18. The average Bonchev–Trinajstić information content (AvgIpc) is 3.02. The minimum atomic E-state index is -0.166. The lowest BCUT2D eigenvalue weighted by atomic mass is 10.1. The molecule has 0 radical (unpaired) electrons. The quantitative estimate of drug-likeness (QED) is 0.639. The SMILES string of the molecule is Cc1ccccc1C(=O)NCCC(=O)Nc1cccc(-c2nnc3n2CCCCC3)c1. The van der Waals surface area contributed by atoms with Crippen molar-refractivity contribution in [2.24, 2.45) is 0 Å². The van der Waals surface area contributed by atoms with Gasteiger partial charge in [0, 0.05) is 42.7 Å². The van der Waals surface area contributed by atoms with E-state index in [4.69, 9.17) is 0 Å². The third-order valence-corrected chi connectivity index (χ3v) is 5.54. The van der Waals surface area contributed by atoms with Crippen LogP contribution < -0.4 is 10.6 Å². The zero-order valence-electron chi connectivity index (χ0n) is 17.7. The van der Waals surface area contributed by atoms with Crippen LogP contribution in [0.1, 0.15) is 47.4 Å². The van der Waals surface area contributed by atoms with Crippen molar-refractivity contribution in [3.05, 3.63) is 65.5 Å². The van der Waals surface area contributed by atoms with E-state index >= 15 is 0 Å². The second-order valence-electron chi connectivity index (χ2n) is 7.85. The molecular weight excluding hydrogens is 390 g/mol. The molecule has 0 saturated carbocycles. The third kappa shape index (κ3) is 4.99. The van der Waals surface area contributed by atoms with E-state index in [0.717, 1.165) is 48.6 Å². The second-order valence-corrected chi connectivity index (χ2v) is 7.85. The van der Waals surface area contributed by atoms with Crippen LogP contribution in [0.15, 0.2) is 48.5 Å². The van der Waals surface area contributed by atoms with Crippen molar-refractivity contribution in [2.75, 3.05) is 11.9 Å². The summed E-state index contributed by atoms with van der Waals surface area (Å²) in [6.07, 6.45) is 4.64. The Morgan fingerprint density at radius 2 is 1.90 bits per heavy atom. The first-order valence-electron chi connectivity index (χ1n) is 10.8. The lowest BCUT2D eigenvalue weighted by molar-refractivity contribution is -0.116. The summed E-state index contributed by atoms with van der Waals surface area (Å²) in [4.78, 5) is 24.6. The molecule has 160 valence electrons. The first-order valence-corrected chi connectivity index (χ1v) is 10.8. The number of hydrogen-bond donors (Lipinski definition) is 2. The second kappa shape index (κ2) is 9.55. The first-order chi connectivity index (χ1) is 15.1. The van der Waals surface area contributed by atoms with Gasteiger partial charge in [0.15, 0.2) is 5.82 Å². The largest absolute Gasteiger partial charge is 0.352 e. The molecule has 0 aliphatic carbocycles. The molecule has 1 aliphatic heterocycles. The van der Waals surface area contributed by atoms with E-state index < -0.39 is 0 Å². The number of hydrogen-bond acceptors (Lipinski definition) is 4. The van der Waals surface area contributed by atoms with Gasteiger partial charge in [0.1, 0.15) is 5.82 Å². The number of carbonyl (C=O) groups excluding carboxylic acids is 2. The summed E-state index contributed by atoms with van der Waals surface area (Å²) >= 11 is 0. The van der Waals surface area contributed by atoms with Gasteiger partial charge in [-0.05, 0) is 43.5 Å². The van der Waals surface area contributed by atoms with Crippen LogP contribution >= 0.6 is 0 Å². The van der Waals surface area contributed by atoms with Crippen molar-refractivity contribution in [1.29, 1.82) is 0 Å². The highest BCUT2D eigenvalue weighted by Crippen LogP contribution is 2.24. The van der Waals surface area contributed by atoms with Crippen LogP contribution in [0.2, 0.25) is 0 Å². The van der Waals surface area contributed by atoms with E-state index in [9.17, 15) is 9.59 Å². The monoisotopic (exact) mass is 417 g/mol. The number of rotatable bonds is 6. The molecule has 0 atom stereocenters. The Morgan fingerprint density at radius 3 is 2.77 bits per heavy atom. The van der Waals surface area contributed by atoms with Crippen molar-refractivity contribution in [3.8, 4) is 11.4 Å². The van der Waals surface area contributed by atoms with Crippen LogP contribution in [0.4, 0.5) is 5.69 Å². The van der Waals surface area contributed by atoms with Crippen LogP contribution in [0.25, 0.3) is 11.4 Å². The molecule has 1 aromatic heterocycles. The summed E-state index contributed by atoms with van der Waals surface area (Å²) in [5, 5.41) is 14.5. The van der Waals surface area contributed by atoms with Crippen LogP contribution in [0.3, 0.4) is 0 Å². The predicted octanol–water partition coefficient (Wildman–Crippen LogP) is 3.74. The Morgan fingerprint density at radius 1 is 1.03 bits per heavy atom. The van der Waals surface area contributed by atoms with Gasteiger partial charge in [-0.3, -0.25) is 9.59 Å². The zero-order valence-corrected chi connectivity index (χ0v) is 17.7. The van der Waals surface area contributed by atoms with E-state index in [1.807, 2.05) is 49.4 Å². The smallest absolute Gasteiger partial charge is 0.251 e. The molecule has 1 aliphatic rings. The van der Waals surface area contributed by atoms with Crippen molar-refractivity contribution >= 4 is 17.5 Å². The highest BCUT2D eigenvalue weighted by atomic mass is 16.2. The molecule has 2 heterocycles. The van der Waals surface area contributed by atoms with E-state index in [2.05, 4.69) is 25.4 Å². The fourth-order valence-corrected chi connectivity index (χ4v) is 3.87. The van der Waals surface area contributed by atoms with E-state index in [1.54, 1.807) is 6.07 Å². The van der Waals surface area contributed by atoms with Crippen molar-refractivity contribution in [3.63, 3.8) is 0 Å². The maximum Gasteiger partial charge on any atom is 0.251 e. The highest BCUT2D eigenvalue weighted by Gasteiger charge is 2.16. The molecule has 0 fully saturated rings. The molecule has 7 heteroatoms. The van der Waals surface area contributed by atoms with Crippen molar-refractivity contribution in [1.82, 2.24) is 20.1 Å². The molecule has 2 amide bonds. The number of aromatic nitrogens is 3. The molecule has 0 saturated heterocycles. The van der Waals surface area contributed by atoms with Crippen LogP contribution in [-0.4, -0.2) is 33.1 Å². The summed E-state index contributed by atoms with van der Waals surface area (Å²) in [6, 6.07) is 15.1. The van der Waals surface area contributed by atoms with Crippen molar-refractivity contribution < 1.29 is 9.59 Å². The van der Waals surface area contributed by atoms with E-state index in [1.165, 1.54) is 6.42 Å². The van der Waals surface area contributed by atoms with Gasteiger partial charge in [0.2, 0.25) is 5.91 Å². The minimum Gasteiger partial charge on any atom is -0.352 e. The van der Waals surface area contributed by atoms with Gasteiger partial charge in [0.05, 0.1) is 0 Å². The summed E-state index contributed by atoms with van der Waals surface area (Å²) in [7, 11) is 0. The average molecular weight is 418 g/mol. The number of nitrogens with zero attached hydrogens (tertiary/aromatic N) is 3. The third-order valence-electron chi connectivity index (χ3n) is 5.54. The van der Waals surface area contributed by atoms with Gasteiger partial charge < -0.3 is 15.2 Å². The molecule has 4 rings (SSSR count). The maximum atomic E-state index is 12.4. The van der Waals surface area contributed by atoms with Crippen LogP contribution in [-0.2, 0) is 17.8 Å². The number of amides is 2. The molecular formula is C24H27N5O2. The first kappa shape index (κ1) is 20.8. The van der Waals surface area contributed by atoms with E-state index in [0.29, 0.717) is 11.3 Å². The van der Waals surface area contributed by atoms with Gasteiger partial charge in [0.25, 0.3) is 5.91 Å². The molecule has 3 aromatic rings. The summed E-state index contributed by atoms with van der Waals surface area (Å²) in [5.74, 6) is 1.56. The van der Waals surface area contributed by atoms with Gasteiger partial charge in [-0.25, -0.2) is 0 Å². The van der Waals surface area contributed by atoms with Crippen LogP contribution in [0, 0.1) is 6.92 Å². The standard InChI is InChI=1S/C24H27N5O2/c1-17-8-4-5-11-20(17)24(31)25-14-13-22(30)26-19-10-7-9-18(16-19)23-28-27-21-12-3-2-6-15-29(21)23/h4-5,7-11,16H,2-3,6,12-15H2,1H3,(H,25,31)(H,26,30). The Kier molecular flexibility index (Phi) is 6.40. The summed E-state index contributed by atoms with van der Waals surface area (Å²) in [6.45, 7) is 3.09. The Labute approximate surface area is 181 Å². The predicted molar refractivity (Wildman–Crippen MR) is 120 cm³/mol. The highest BCUT2D eigenvalue weighted by molar-refractivity contribution is 5.96. The Bertz CT molecular complexity index is 1090. The number of carbonyl (C=O) groups is 2. The Balaban J connectivity index is 1.35. The van der Waals surface area contributed by atoms with Gasteiger partial charge in [-0.1, -0.05) is 36.8 Å². The number of benzene rings is 2. The lowest BCUT2D eigenvalue weighted by Gasteiger charge is -2.10. The van der Waals surface area contributed by atoms with Gasteiger partial charge in [-0.15, -0.1) is 10.2 Å².